The van der Waals surface area contributed by atoms with Crippen molar-refractivity contribution in [3.63, 3.8) is 0 Å². The molecule has 0 N–H and O–H groups in total. The van der Waals surface area contributed by atoms with Crippen molar-refractivity contribution in [2.45, 2.75) is 26.8 Å². The van der Waals surface area contributed by atoms with Crippen molar-refractivity contribution < 1.29 is 0 Å². The average molecular weight is 257 g/mol. The van der Waals surface area contributed by atoms with Gasteiger partial charge in [-0.2, -0.15) is 0 Å². The number of hydrogen-bond donors (Lipinski definition) is 0. The van der Waals surface area contributed by atoms with Crippen LogP contribution in [0.4, 0.5) is 0 Å². The molecule has 0 bridgehead atoms. The van der Waals surface area contributed by atoms with Crippen LogP contribution in [0, 0.1) is 5.92 Å². The average Bonchev–Trinajstić information content (AvgIpc) is 2.61. The summed E-state index contributed by atoms with van der Waals surface area (Å²) in [6.45, 7) is 5.41. The fourth-order valence-corrected chi connectivity index (χ4v) is 2.23. The zero-order valence-corrected chi connectivity index (χ0v) is 10.9. The van der Waals surface area contributed by atoms with E-state index in [9.17, 15) is 0 Å². The van der Waals surface area contributed by atoms with Gasteiger partial charge in [0.25, 0.3) is 0 Å². The Bertz CT molecular complexity index is 505. The van der Waals surface area contributed by atoms with Crippen LogP contribution in [0.25, 0.3) is 10.9 Å². The van der Waals surface area contributed by atoms with Crippen LogP contribution in [-0.4, -0.2) is 9.55 Å². The van der Waals surface area contributed by atoms with Gasteiger partial charge in [0.2, 0.25) is 0 Å². The van der Waals surface area contributed by atoms with Gasteiger partial charge in [0.1, 0.15) is 10.3 Å². The van der Waals surface area contributed by atoms with E-state index in [1.165, 1.54) is 0 Å². The highest BCUT2D eigenvalue weighted by Crippen LogP contribution is 2.26. The molecule has 16 heavy (non-hydrogen) atoms. The van der Waals surface area contributed by atoms with Gasteiger partial charge < -0.3 is 4.57 Å². The molecule has 2 nitrogen and oxygen atoms in total. The van der Waals surface area contributed by atoms with Crippen LogP contribution in [0.15, 0.2) is 18.3 Å². The Kier molecular flexibility index (Phi) is 3.41. The predicted octanol–water partition coefficient (Wildman–Crippen LogP) is 4.39. The van der Waals surface area contributed by atoms with Crippen LogP contribution in [0.3, 0.4) is 0 Å². The first kappa shape index (κ1) is 11.7. The van der Waals surface area contributed by atoms with E-state index in [2.05, 4.69) is 23.4 Å². The third-order valence-corrected chi connectivity index (χ3v) is 3.38. The fraction of sp³-hybridized carbons (Fsp3) is 0.417. The van der Waals surface area contributed by atoms with Gasteiger partial charge in [-0.3, -0.25) is 0 Å². The lowest BCUT2D eigenvalue weighted by Crippen LogP contribution is -2.05. The van der Waals surface area contributed by atoms with Crippen LogP contribution < -0.4 is 0 Å². The van der Waals surface area contributed by atoms with Crippen LogP contribution in [0.5, 0.6) is 0 Å². The molecule has 0 aliphatic heterocycles. The SMILES string of the molecule is CC[C@H](C)Cn1ccc2c(Cl)nc(Cl)cc21. The molecule has 86 valence electrons. The van der Waals surface area contributed by atoms with Crippen molar-refractivity contribution in [2.75, 3.05) is 0 Å². The van der Waals surface area contributed by atoms with Gasteiger partial charge in [-0.05, 0) is 18.1 Å². The second kappa shape index (κ2) is 4.64. The maximum Gasteiger partial charge on any atom is 0.140 e. The number of aromatic nitrogens is 2. The second-order valence-corrected chi connectivity index (χ2v) is 4.90. The topological polar surface area (TPSA) is 17.8 Å². The Morgan fingerprint density at radius 2 is 2.19 bits per heavy atom. The molecule has 0 fully saturated rings. The first-order valence-electron chi connectivity index (χ1n) is 5.42. The second-order valence-electron chi connectivity index (χ2n) is 4.15. The third-order valence-electron chi connectivity index (χ3n) is 2.89. The zero-order chi connectivity index (χ0) is 11.7. The number of rotatable bonds is 3. The summed E-state index contributed by atoms with van der Waals surface area (Å²) < 4.78 is 2.18. The van der Waals surface area contributed by atoms with E-state index >= 15 is 0 Å². The van der Waals surface area contributed by atoms with Gasteiger partial charge in [-0.15, -0.1) is 0 Å². The van der Waals surface area contributed by atoms with Crippen molar-refractivity contribution in [3.05, 3.63) is 28.6 Å². The van der Waals surface area contributed by atoms with E-state index in [0.717, 1.165) is 23.9 Å². The molecule has 0 aliphatic carbocycles. The molecule has 1 atom stereocenters. The van der Waals surface area contributed by atoms with E-state index in [4.69, 9.17) is 23.2 Å². The van der Waals surface area contributed by atoms with Crippen LogP contribution >= 0.6 is 23.2 Å². The highest BCUT2D eigenvalue weighted by atomic mass is 35.5. The molecule has 0 spiro atoms. The smallest absolute Gasteiger partial charge is 0.140 e. The largest absolute Gasteiger partial charge is 0.347 e. The molecule has 4 heteroatoms. The molecule has 2 aromatic rings. The van der Waals surface area contributed by atoms with Crippen molar-refractivity contribution in [1.82, 2.24) is 9.55 Å². The van der Waals surface area contributed by atoms with Crippen LogP contribution in [0.2, 0.25) is 10.3 Å². The third kappa shape index (κ3) is 2.18. The van der Waals surface area contributed by atoms with Gasteiger partial charge in [-0.1, -0.05) is 43.5 Å². The zero-order valence-electron chi connectivity index (χ0n) is 9.37. The summed E-state index contributed by atoms with van der Waals surface area (Å²) in [4.78, 5) is 4.03. The molecule has 0 saturated carbocycles. The molecule has 0 aromatic carbocycles. The molecule has 0 saturated heterocycles. The highest BCUT2D eigenvalue weighted by Gasteiger charge is 2.09. The maximum absolute atomic E-state index is 6.04. The minimum absolute atomic E-state index is 0.446. The lowest BCUT2D eigenvalue weighted by Gasteiger charge is -2.11. The lowest BCUT2D eigenvalue weighted by atomic mass is 10.1. The Labute approximate surface area is 105 Å². The summed E-state index contributed by atoms with van der Waals surface area (Å²) in [7, 11) is 0. The fourth-order valence-electron chi connectivity index (χ4n) is 1.74. The first-order chi connectivity index (χ1) is 7.61. The number of pyridine rings is 1. The summed E-state index contributed by atoms with van der Waals surface area (Å²) in [5, 5.41) is 1.89. The van der Waals surface area contributed by atoms with Crippen molar-refractivity contribution in [3.8, 4) is 0 Å². The van der Waals surface area contributed by atoms with E-state index in [-0.39, 0.29) is 0 Å². The van der Waals surface area contributed by atoms with Crippen LogP contribution in [-0.2, 0) is 6.54 Å². The van der Waals surface area contributed by atoms with Crippen LogP contribution in [0.1, 0.15) is 20.3 Å². The molecule has 0 radical (unpaired) electrons. The maximum atomic E-state index is 6.04. The minimum atomic E-state index is 0.446. The van der Waals surface area contributed by atoms with Gasteiger partial charge in [0, 0.05) is 18.1 Å². The van der Waals surface area contributed by atoms with Gasteiger partial charge in [-0.25, -0.2) is 4.98 Å². The normalized spacial score (nSPS) is 13.2. The summed E-state index contributed by atoms with van der Waals surface area (Å²) in [6.07, 6.45) is 3.20. The van der Waals surface area contributed by atoms with E-state index in [1.807, 2.05) is 18.3 Å². The molecule has 0 aliphatic rings. The number of nitrogens with zero attached hydrogens (tertiary/aromatic N) is 2. The monoisotopic (exact) mass is 256 g/mol. The Morgan fingerprint density at radius 3 is 2.88 bits per heavy atom. The summed E-state index contributed by atoms with van der Waals surface area (Å²) in [5.41, 5.74) is 1.06. The molecule has 0 amide bonds. The van der Waals surface area contributed by atoms with Gasteiger partial charge >= 0.3 is 0 Å². The molecular weight excluding hydrogens is 243 g/mol. The summed E-state index contributed by atoms with van der Waals surface area (Å²) in [5.74, 6) is 0.640. The van der Waals surface area contributed by atoms with E-state index < -0.39 is 0 Å². The Hall–Kier alpha value is -0.730. The first-order valence-corrected chi connectivity index (χ1v) is 6.18. The molecule has 2 rings (SSSR count). The van der Waals surface area contributed by atoms with Crippen molar-refractivity contribution in [1.29, 1.82) is 0 Å². The molecule has 2 aromatic heterocycles. The van der Waals surface area contributed by atoms with Gasteiger partial charge in [0.05, 0.1) is 5.52 Å². The molecular formula is C12H14Cl2N2. The standard InChI is InChI=1S/C12H14Cl2N2/c1-3-8(2)7-16-5-4-9-10(16)6-11(13)15-12(9)14/h4-6,8H,3,7H2,1-2H3/t8-/m0/s1. The summed E-state index contributed by atoms with van der Waals surface area (Å²) in [6, 6.07) is 3.86. The summed E-state index contributed by atoms with van der Waals surface area (Å²) >= 11 is 12.0. The van der Waals surface area contributed by atoms with E-state index in [1.54, 1.807) is 0 Å². The molecule has 2 heterocycles. The van der Waals surface area contributed by atoms with E-state index in [0.29, 0.717) is 16.2 Å². The van der Waals surface area contributed by atoms with Crippen molar-refractivity contribution in [2.24, 2.45) is 5.92 Å². The number of hydrogen-bond acceptors (Lipinski definition) is 1. The number of halogens is 2. The highest BCUT2D eigenvalue weighted by molar-refractivity contribution is 6.36. The Balaban J connectivity index is 2.47. The quantitative estimate of drug-likeness (QED) is 0.745. The van der Waals surface area contributed by atoms with Crippen molar-refractivity contribution >= 4 is 34.1 Å². The Morgan fingerprint density at radius 1 is 1.44 bits per heavy atom. The lowest BCUT2D eigenvalue weighted by molar-refractivity contribution is 0.477. The predicted molar refractivity (Wildman–Crippen MR) is 69.2 cm³/mol. The number of fused-ring (bicyclic) bond motifs is 1. The minimum Gasteiger partial charge on any atom is -0.347 e. The van der Waals surface area contributed by atoms with Gasteiger partial charge in [0.15, 0.2) is 0 Å². The molecule has 0 unspecified atom stereocenters.